The molecule has 7 heteroatoms. The lowest BCUT2D eigenvalue weighted by atomic mass is 10.1. The van der Waals surface area contributed by atoms with Gasteiger partial charge in [-0.05, 0) is 35.9 Å². The molecule has 0 spiro atoms. The molecule has 4 rings (SSSR count). The number of amides is 1. The Hall–Kier alpha value is -3.87. The zero-order valence-electron chi connectivity index (χ0n) is 14.9. The van der Waals surface area contributed by atoms with Crippen molar-refractivity contribution in [2.75, 3.05) is 0 Å². The van der Waals surface area contributed by atoms with Gasteiger partial charge >= 0.3 is 0 Å². The molecule has 0 bridgehead atoms. The number of nitrogens with zero attached hydrogens (tertiary/aromatic N) is 4. The molecular formula is C21H17N5O2. The minimum atomic E-state index is -0.274. The van der Waals surface area contributed by atoms with Crippen molar-refractivity contribution < 1.29 is 4.79 Å². The largest absolute Gasteiger partial charge is 0.350 e. The van der Waals surface area contributed by atoms with Crippen LogP contribution in [0.5, 0.6) is 0 Å². The second-order valence-corrected chi connectivity index (χ2v) is 6.22. The highest BCUT2D eigenvalue weighted by Crippen LogP contribution is 2.19. The maximum Gasteiger partial charge on any atom is 0.261 e. The van der Waals surface area contributed by atoms with E-state index >= 15 is 0 Å². The number of nitrogens with one attached hydrogen (secondary N) is 1. The molecule has 1 amide bonds. The van der Waals surface area contributed by atoms with Crippen LogP contribution in [0.1, 0.15) is 5.56 Å². The first-order valence-electron chi connectivity index (χ1n) is 8.77. The number of carbonyl (C=O) groups excluding carboxylic acids is 1. The summed E-state index contributed by atoms with van der Waals surface area (Å²) in [4.78, 5) is 37.6. The van der Waals surface area contributed by atoms with Crippen molar-refractivity contribution in [2.45, 2.75) is 13.1 Å². The van der Waals surface area contributed by atoms with E-state index in [4.69, 9.17) is 0 Å². The van der Waals surface area contributed by atoms with Gasteiger partial charge in [0.15, 0.2) is 0 Å². The van der Waals surface area contributed by atoms with Gasteiger partial charge in [0.05, 0.1) is 22.9 Å². The first kappa shape index (κ1) is 17.5. The highest BCUT2D eigenvalue weighted by molar-refractivity contribution is 5.79. The van der Waals surface area contributed by atoms with Gasteiger partial charge in [-0.3, -0.25) is 24.1 Å². The molecule has 0 saturated carbocycles. The molecule has 0 unspecified atom stereocenters. The van der Waals surface area contributed by atoms with E-state index in [0.29, 0.717) is 17.4 Å². The van der Waals surface area contributed by atoms with Crippen LogP contribution < -0.4 is 10.9 Å². The van der Waals surface area contributed by atoms with Crippen molar-refractivity contribution >= 4 is 16.8 Å². The lowest BCUT2D eigenvalue weighted by Gasteiger charge is -2.11. The van der Waals surface area contributed by atoms with Crippen LogP contribution >= 0.6 is 0 Å². The predicted molar refractivity (Wildman–Crippen MR) is 105 cm³/mol. The Morgan fingerprint density at radius 2 is 1.79 bits per heavy atom. The fourth-order valence-corrected chi connectivity index (χ4v) is 2.97. The summed E-state index contributed by atoms with van der Waals surface area (Å²) in [6.45, 7) is 0.210. The Bertz CT molecular complexity index is 1190. The van der Waals surface area contributed by atoms with Gasteiger partial charge in [-0.1, -0.05) is 18.2 Å². The number of pyridine rings is 2. The maximum atomic E-state index is 12.5. The molecule has 3 aromatic heterocycles. The molecule has 0 fully saturated rings. The molecule has 0 aliphatic carbocycles. The molecule has 0 saturated heterocycles. The maximum absolute atomic E-state index is 12.5. The van der Waals surface area contributed by atoms with Gasteiger partial charge in [-0.2, -0.15) is 0 Å². The van der Waals surface area contributed by atoms with E-state index in [0.717, 1.165) is 16.8 Å². The second-order valence-electron chi connectivity index (χ2n) is 6.22. The van der Waals surface area contributed by atoms with Gasteiger partial charge in [0.1, 0.15) is 6.54 Å². The molecule has 0 aliphatic rings. The van der Waals surface area contributed by atoms with Gasteiger partial charge in [-0.15, -0.1) is 0 Å². The average Bonchev–Trinajstić information content (AvgIpc) is 2.75. The van der Waals surface area contributed by atoms with Gasteiger partial charge in [0.2, 0.25) is 5.91 Å². The van der Waals surface area contributed by atoms with E-state index in [-0.39, 0.29) is 18.0 Å². The lowest BCUT2D eigenvalue weighted by molar-refractivity contribution is -0.121. The van der Waals surface area contributed by atoms with Crippen molar-refractivity contribution in [3.8, 4) is 11.3 Å². The second kappa shape index (κ2) is 7.79. The first-order chi connectivity index (χ1) is 13.7. The van der Waals surface area contributed by atoms with Gasteiger partial charge < -0.3 is 5.32 Å². The third-order valence-electron chi connectivity index (χ3n) is 4.37. The molecule has 7 nitrogen and oxygen atoms in total. The molecule has 0 atom stereocenters. The minimum absolute atomic E-state index is 0.0957. The summed E-state index contributed by atoms with van der Waals surface area (Å²) >= 11 is 0. The summed E-state index contributed by atoms with van der Waals surface area (Å²) in [6.07, 6.45) is 6.51. The van der Waals surface area contributed by atoms with Gasteiger partial charge in [0, 0.05) is 30.7 Å². The lowest BCUT2D eigenvalue weighted by Crippen LogP contribution is -2.32. The van der Waals surface area contributed by atoms with Gasteiger partial charge in [-0.25, -0.2) is 4.98 Å². The number of para-hydroxylation sites is 1. The van der Waals surface area contributed by atoms with E-state index in [2.05, 4.69) is 20.3 Å². The molecule has 28 heavy (non-hydrogen) atoms. The number of benzene rings is 1. The van der Waals surface area contributed by atoms with Crippen LogP contribution in [0.25, 0.3) is 22.2 Å². The smallest absolute Gasteiger partial charge is 0.261 e. The monoisotopic (exact) mass is 371 g/mol. The van der Waals surface area contributed by atoms with Crippen LogP contribution in [-0.2, 0) is 17.9 Å². The fraction of sp³-hybridized carbons (Fsp3) is 0.0952. The zero-order valence-corrected chi connectivity index (χ0v) is 14.9. The summed E-state index contributed by atoms with van der Waals surface area (Å²) in [5.41, 5.74) is 2.97. The third kappa shape index (κ3) is 3.64. The van der Waals surface area contributed by atoms with E-state index in [1.165, 1.54) is 10.9 Å². The Kier molecular flexibility index (Phi) is 4.88. The SMILES string of the molecule is O=C(Cn1cnc2ccccc2c1=O)NCc1cccnc1-c1ccncc1. The Balaban J connectivity index is 1.49. The standard InChI is InChI=1S/C21H17N5O2/c27-19(13-26-14-25-18-6-2-1-5-17(18)21(26)28)24-12-16-4-3-9-23-20(16)15-7-10-22-11-8-15/h1-11,14H,12-13H2,(H,24,27). The first-order valence-corrected chi connectivity index (χ1v) is 8.77. The Labute approximate surface area is 160 Å². The topological polar surface area (TPSA) is 89.8 Å². The molecule has 0 radical (unpaired) electrons. The summed E-state index contributed by atoms with van der Waals surface area (Å²) in [7, 11) is 0. The molecule has 3 heterocycles. The van der Waals surface area contributed by atoms with Crippen LogP contribution in [-0.4, -0.2) is 25.4 Å². The molecular weight excluding hydrogens is 354 g/mol. The average molecular weight is 371 g/mol. The normalized spacial score (nSPS) is 10.7. The van der Waals surface area contributed by atoms with Crippen LogP contribution in [0.2, 0.25) is 0 Å². The van der Waals surface area contributed by atoms with Crippen LogP contribution in [0, 0.1) is 0 Å². The fourth-order valence-electron chi connectivity index (χ4n) is 2.97. The predicted octanol–water partition coefficient (Wildman–Crippen LogP) is 2.17. The summed E-state index contributed by atoms with van der Waals surface area (Å²) in [5, 5.41) is 3.34. The molecule has 138 valence electrons. The highest BCUT2D eigenvalue weighted by Gasteiger charge is 2.10. The van der Waals surface area contributed by atoms with Crippen molar-refractivity contribution in [2.24, 2.45) is 0 Å². The number of rotatable bonds is 5. The minimum Gasteiger partial charge on any atom is -0.350 e. The number of hydrogen-bond donors (Lipinski definition) is 1. The van der Waals surface area contributed by atoms with Crippen molar-refractivity contribution in [3.63, 3.8) is 0 Å². The van der Waals surface area contributed by atoms with Crippen LogP contribution in [0.15, 0.2) is 78.2 Å². The Morgan fingerprint density at radius 1 is 0.964 bits per heavy atom. The number of hydrogen-bond acceptors (Lipinski definition) is 5. The quantitative estimate of drug-likeness (QED) is 0.581. The number of fused-ring (bicyclic) bond motifs is 1. The van der Waals surface area contributed by atoms with Crippen LogP contribution in [0.3, 0.4) is 0 Å². The molecule has 1 N–H and O–H groups in total. The number of aromatic nitrogens is 4. The van der Waals surface area contributed by atoms with E-state index in [9.17, 15) is 9.59 Å². The van der Waals surface area contributed by atoms with E-state index in [1.807, 2.05) is 30.3 Å². The Morgan fingerprint density at radius 3 is 2.64 bits per heavy atom. The van der Waals surface area contributed by atoms with Crippen molar-refractivity contribution in [1.82, 2.24) is 24.8 Å². The summed E-state index contributed by atoms with van der Waals surface area (Å²) in [5.74, 6) is -0.274. The number of carbonyl (C=O) groups is 1. The van der Waals surface area contributed by atoms with Crippen LogP contribution in [0.4, 0.5) is 0 Å². The summed E-state index contributed by atoms with van der Waals surface area (Å²) < 4.78 is 1.31. The molecule has 4 aromatic rings. The van der Waals surface area contributed by atoms with Gasteiger partial charge in [0.25, 0.3) is 5.56 Å². The van der Waals surface area contributed by atoms with E-state index < -0.39 is 0 Å². The highest BCUT2D eigenvalue weighted by atomic mass is 16.2. The van der Waals surface area contributed by atoms with E-state index in [1.54, 1.807) is 36.8 Å². The zero-order chi connectivity index (χ0) is 19.3. The van der Waals surface area contributed by atoms with Crippen molar-refractivity contribution in [3.05, 3.63) is 89.4 Å². The third-order valence-corrected chi connectivity index (χ3v) is 4.37. The molecule has 1 aromatic carbocycles. The molecule has 0 aliphatic heterocycles. The summed E-state index contributed by atoms with van der Waals surface area (Å²) in [6, 6.07) is 14.5. The van der Waals surface area contributed by atoms with Crippen molar-refractivity contribution in [1.29, 1.82) is 0 Å².